The highest BCUT2D eigenvalue weighted by molar-refractivity contribution is 5.97. The molecule has 0 aliphatic carbocycles. The van der Waals surface area contributed by atoms with Gasteiger partial charge in [-0.1, -0.05) is 19.0 Å². The zero-order valence-electron chi connectivity index (χ0n) is 12.1. The van der Waals surface area contributed by atoms with Gasteiger partial charge in [-0.2, -0.15) is 0 Å². The lowest BCUT2D eigenvalue weighted by Gasteiger charge is -2.24. The summed E-state index contributed by atoms with van der Waals surface area (Å²) >= 11 is 0. The second-order valence-corrected chi connectivity index (χ2v) is 5.15. The number of benzene rings is 1. The van der Waals surface area contributed by atoms with Crippen LogP contribution in [0.4, 0.5) is 4.39 Å². The third-order valence-corrected chi connectivity index (χ3v) is 2.83. The van der Waals surface area contributed by atoms with Crippen molar-refractivity contribution in [1.29, 1.82) is 0 Å². The monoisotopic (exact) mass is 297 g/mol. The van der Waals surface area contributed by atoms with E-state index in [0.717, 1.165) is 18.2 Å². The number of carbonyl (C=O) groups excluding carboxylic acids is 1. The summed E-state index contributed by atoms with van der Waals surface area (Å²) in [6.45, 7) is 4.47. The van der Waals surface area contributed by atoms with Crippen LogP contribution in [0.5, 0.6) is 5.75 Å². The molecule has 0 saturated heterocycles. The maximum absolute atomic E-state index is 13.2. The van der Waals surface area contributed by atoms with E-state index < -0.39 is 11.7 Å². The van der Waals surface area contributed by atoms with Crippen LogP contribution in [0.3, 0.4) is 0 Å². The number of phenols is 1. The summed E-state index contributed by atoms with van der Waals surface area (Å²) in [6.07, 6.45) is 0.186. The molecule has 0 aliphatic heterocycles. The van der Waals surface area contributed by atoms with E-state index in [1.807, 2.05) is 13.8 Å². The fraction of sp³-hybridized carbons (Fsp3) is 0.429. The Morgan fingerprint density at radius 3 is 2.71 bits per heavy atom. The van der Waals surface area contributed by atoms with E-state index in [1.54, 1.807) is 0 Å². The normalized spacial score (nSPS) is 11.7. The highest BCUT2D eigenvalue weighted by atomic mass is 19.1. The minimum atomic E-state index is -0.600. The molecule has 0 bridgehead atoms. The van der Waals surface area contributed by atoms with Crippen molar-refractivity contribution in [2.75, 3.05) is 13.1 Å². The van der Waals surface area contributed by atoms with Crippen LogP contribution in [0.15, 0.2) is 23.4 Å². The Hall–Kier alpha value is -2.31. The van der Waals surface area contributed by atoms with Crippen LogP contribution in [0.2, 0.25) is 0 Å². The fourth-order valence-corrected chi connectivity index (χ4v) is 1.87. The summed E-state index contributed by atoms with van der Waals surface area (Å²) in [4.78, 5) is 13.9. The van der Waals surface area contributed by atoms with E-state index in [0.29, 0.717) is 6.54 Å². The van der Waals surface area contributed by atoms with Gasteiger partial charge < -0.3 is 20.9 Å². The highest BCUT2D eigenvalue weighted by Gasteiger charge is 2.20. The Morgan fingerprint density at radius 2 is 2.14 bits per heavy atom. The van der Waals surface area contributed by atoms with Crippen LogP contribution in [0.25, 0.3) is 0 Å². The molecular formula is C14H20FN3O3. The summed E-state index contributed by atoms with van der Waals surface area (Å²) in [5.41, 5.74) is 5.30. The topological polar surface area (TPSA) is 99.1 Å². The molecule has 0 atom stereocenters. The molecule has 0 heterocycles. The van der Waals surface area contributed by atoms with Crippen LogP contribution in [0.1, 0.15) is 30.6 Å². The second kappa shape index (κ2) is 7.47. The number of amidine groups is 1. The average molecular weight is 297 g/mol. The third-order valence-electron chi connectivity index (χ3n) is 2.83. The number of aromatic hydroxyl groups is 1. The van der Waals surface area contributed by atoms with Crippen LogP contribution in [-0.4, -0.2) is 40.0 Å². The van der Waals surface area contributed by atoms with Gasteiger partial charge in [-0.05, 0) is 24.1 Å². The Morgan fingerprint density at radius 1 is 1.48 bits per heavy atom. The molecule has 1 aromatic rings. The van der Waals surface area contributed by atoms with E-state index >= 15 is 0 Å². The minimum Gasteiger partial charge on any atom is -0.507 e. The second-order valence-electron chi connectivity index (χ2n) is 5.15. The number of nitrogens with zero attached hydrogens (tertiary/aromatic N) is 2. The standard InChI is InChI=1S/C14H20FN3O3/c1-9(2)8-18(6-5-13(16)17-21)14(20)11-7-10(15)3-4-12(11)19/h3-4,7,9,19,21H,5-6,8H2,1-2H3,(H2,16,17). The number of carbonyl (C=O) groups is 1. The number of hydrogen-bond acceptors (Lipinski definition) is 4. The molecule has 7 heteroatoms. The molecule has 0 saturated carbocycles. The minimum absolute atomic E-state index is 0.0000188. The highest BCUT2D eigenvalue weighted by Crippen LogP contribution is 2.20. The third kappa shape index (κ3) is 4.94. The summed E-state index contributed by atoms with van der Waals surface area (Å²) in [7, 11) is 0. The maximum atomic E-state index is 13.2. The zero-order valence-corrected chi connectivity index (χ0v) is 12.1. The Bertz CT molecular complexity index is 532. The van der Waals surface area contributed by atoms with Crippen molar-refractivity contribution in [3.63, 3.8) is 0 Å². The molecule has 116 valence electrons. The van der Waals surface area contributed by atoms with E-state index in [9.17, 15) is 14.3 Å². The molecule has 4 N–H and O–H groups in total. The van der Waals surface area contributed by atoms with Gasteiger partial charge in [-0.25, -0.2) is 4.39 Å². The molecule has 1 rings (SSSR count). The van der Waals surface area contributed by atoms with Crippen molar-refractivity contribution in [3.05, 3.63) is 29.6 Å². The van der Waals surface area contributed by atoms with Crippen molar-refractivity contribution in [2.24, 2.45) is 16.8 Å². The molecule has 1 amide bonds. The lowest BCUT2D eigenvalue weighted by Crippen LogP contribution is -2.36. The van der Waals surface area contributed by atoms with E-state index in [1.165, 1.54) is 4.90 Å². The van der Waals surface area contributed by atoms with E-state index in [4.69, 9.17) is 10.9 Å². The van der Waals surface area contributed by atoms with Crippen LogP contribution in [-0.2, 0) is 0 Å². The van der Waals surface area contributed by atoms with Gasteiger partial charge in [0.15, 0.2) is 0 Å². The van der Waals surface area contributed by atoms with Crippen molar-refractivity contribution in [2.45, 2.75) is 20.3 Å². The van der Waals surface area contributed by atoms with Crippen molar-refractivity contribution in [3.8, 4) is 5.75 Å². The summed E-state index contributed by atoms with van der Waals surface area (Å²) in [5, 5.41) is 21.1. The number of amides is 1. The fourth-order valence-electron chi connectivity index (χ4n) is 1.87. The molecule has 0 spiro atoms. The maximum Gasteiger partial charge on any atom is 0.257 e. The number of phenolic OH excluding ortho intramolecular Hbond substituents is 1. The van der Waals surface area contributed by atoms with E-state index in [-0.39, 0.29) is 36.0 Å². The Balaban J connectivity index is 2.96. The zero-order chi connectivity index (χ0) is 16.0. The molecule has 0 fully saturated rings. The molecule has 6 nitrogen and oxygen atoms in total. The van der Waals surface area contributed by atoms with Gasteiger partial charge in [0.1, 0.15) is 17.4 Å². The smallest absolute Gasteiger partial charge is 0.257 e. The molecular weight excluding hydrogens is 277 g/mol. The number of hydrogen-bond donors (Lipinski definition) is 3. The van der Waals surface area contributed by atoms with Crippen LogP contribution < -0.4 is 5.73 Å². The first-order valence-corrected chi connectivity index (χ1v) is 6.59. The van der Waals surface area contributed by atoms with Gasteiger partial charge in [0.2, 0.25) is 0 Å². The van der Waals surface area contributed by atoms with Crippen molar-refractivity contribution in [1.82, 2.24) is 4.90 Å². The van der Waals surface area contributed by atoms with Crippen LogP contribution in [0, 0.1) is 11.7 Å². The van der Waals surface area contributed by atoms with Gasteiger partial charge in [-0.15, -0.1) is 0 Å². The molecule has 0 aromatic heterocycles. The predicted molar refractivity (Wildman–Crippen MR) is 76.8 cm³/mol. The van der Waals surface area contributed by atoms with Gasteiger partial charge in [0.25, 0.3) is 5.91 Å². The first-order valence-electron chi connectivity index (χ1n) is 6.59. The lowest BCUT2D eigenvalue weighted by molar-refractivity contribution is 0.0737. The number of rotatable bonds is 6. The summed E-state index contributed by atoms with van der Waals surface area (Å²) < 4.78 is 13.2. The predicted octanol–water partition coefficient (Wildman–Crippen LogP) is 1.77. The summed E-state index contributed by atoms with van der Waals surface area (Å²) in [6, 6.07) is 3.21. The number of nitrogens with two attached hydrogens (primary N) is 1. The summed E-state index contributed by atoms with van der Waals surface area (Å²) in [5.74, 6) is -1.19. The van der Waals surface area contributed by atoms with E-state index in [2.05, 4.69) is 5.16 Å². The molecule has 0 unspecified atom stereocenters. The van der Waals surface area contributed by atoms with Gasteiger partial charge in [-0.3, -0.25) is 4.79 Å². The Labute approximate surface area is 122 Å². The van der Waals surface area contributed by atoms with Gasteiger partial charge in [0, 0.05) is 19.5 Å². The SMILES string of the molecule is CC(C)CN(CC/C(N)=N/O)C(=O)c1cc(F)ccc1O. The number of oxime groups is 1. The molecule has 0 radical (unpaired) electrons. The molecule has 0 aliphatic rings. The molecule has 21 heavy (non-hydrogen) atoms. The van der Waals surface area contributed by atoms with Gasteiger partial charge in [0.05, 0.1) is 5.56 Å². The number of halogens is 1. The van der Waals surface area contributed by atoms with Crippen molar-refractivity contribution >= 4 is 11.7 Å². The lowest BCUT2D eigenvalue weighted by atomic mass is 10.1. The average Bonchev–Trinajstić information content (AvgIpc) is 2.44. The van der Waals surface area contributed by atoms with Gasteiger partial charge >= 0.3 is 0 Å². The first kappa shape index (κ1) is 16.7. The van der Waals surface area contributed by atoms with Crippen LogP contribution >= 0.6 is 0 Å². The Kier molecular flexibility index (Phi) is 5.95. The molecule has 1 aromatic carbocycles. The largest absolute Gasteiger partial charge is 0.507 e. The van der Waals surface area contributed by atoms with Crippen molar-refractivity contribution < 1.29 is 19.5 Å². The first-order chi connectivity index (χ1) is 9.85. The quantitative estimate of drug-likeness (QED) is 0.322.